The minimum atomic E-state index is -0.675. The van der Waals surface area contributed by atoms with E-state index in [1.54, 1.807) is 27.8 Å². The molecule has 0 aliphatic carbocycles. The maximum atomic E-state index is 12.6. The highest BCUT2D eigenvalue weighted by molar-refractivity contribution is 9.10. The standard InChI is InChI=1S/C15H17BrN4O4S/c1-5-24-15(23)8-6(2)11(12(17)21)25-14(8)18-13(22)10-9(16)7(3)19-20(10)4/h5H2,1-4H3,(H2,17,21)(H,18,22). The summed E-state index contributed by atoms with van der Waals surface area (Å²) in [5, 5.41) is 7.02. The van der Waals surface area contributed by atoms with Crippen LogP contribution in [-0.4, -0.2) is 34.2 Å². The van der Waals surface area contributed by atoms with Gasteiger partial charge in [-0.1, -0.05) is 0 Å². The molecule has 0 fully saturated rings. The topological polar surface area (TPSA) is 116 Å². The number of primary amides is 1. The van der Waals surface area contributed by atoms with Crippen molar-refractivity contribution in [2.45, 2.75) is 20.8 Å². The van der Waals surface area contributed by atoms with Crippen molar-refractivity contribution in [3.8, 4) is 0 Å². The van der Waals surface area contributed by atoms with Crippen LogP contribution >= 0.6 is 27.3 Å². The third-order valence-electron chi connectivity index (χ3n) is 3.44. The molecule has 3 N–H and O–H groups in total. The number of nitrogens with zero attached hydrogens (tertiary/aromatic N) is 2. The van der Waals surface area contributed by atoms with Crippen molar-refractivity contribution in [1.82, 2.24) is 9.78 Å². The molecule has 134 valence electrons. The second-order valence-electron chi connectivity index (χ2n) is 5.17. The largest absolute Gasteiger partial charge is 0.462 e. The van der Waals surface area contributed by atoms with E-state index in [1.807, 2.05) is 0 Å². The maximum Gasteiger partial charge on any atom is 0.341 e. The predicted octanol–water partition coefficient (Wildman–Crippen LogP) is 2.39. The Morgan fingerprint density at radius 2 is 2.00 bits per heavy atom. The fourth-order valence-electron chi connectivity index (χ4n) is 2.33. The minimum Gasteiger partial charge on any atom is -0.462 e. The number of anilines is 1. The van der Waals surface area contributed by atoms with Gasteiger partial charge < -0.3 is 15.8 Å². The zero-order valence-corrected chi connectivity index (χ0v) is 16.5. The molecule has 0 radical (unpaired) electrons. The van der Waals surface area contributed by atoms with Gasteiger partial charge >= 0.3 is 5.97 Å². The number of thiophene rings is 1. The number of ether oxygens (including phenoxy) is 1. The lowest BCUT2D eigenvalue weighted by atomic mass is 10.1. The number of amides is 2. The van der Waals surface area contributed by atoms with Crippen molar-refractivity contribution < 1.29 is 19.1 Å². The number of nitrogens with two attached hydrogens (primary N) is 1. The van der Waals surface area contributed by atoms with Gasteiger partial charge in [-0.05, 0) is 42.3 Å². The molecule has 2 heterocycles. The van der Waals surface area contributed by atoms with Gasteiger partial charge in [0.2, 0.25) is 0 Å². The fraction of sp³-hybridized carbons (Fsp3) is 0.333. The summed E-state index contributed by atoms with van der Waals surface area (Å²) >= 11 is 4.26. The van der Waals surface area contributed by atoms with Crippen LogP contribution in [-0.2, 0) is 11.8 Å². The number of esters is 1. The number of hydrogen-bond donors (Lipinski definition) is 2. The Kier molecular flexibility index (Phi) is 5.63. The molecule has 10 heteroatoms. The molecule has 8 nitrogen and oxygen atoms in total. The molecule has 0 aliphatic rings. The van der Waals surface area contributed by atoms with Crippen LogP contribution in [0.3, 0.4) is 0 Å². The van der Waals surface area contributed by atoms with Gasteiger partial charge in [0.05, 0.1) is 27.2 Å². The average Bonchev–Trinajstić information content (AvgIpc) is 2.96. The van der Waals surface area contributed by atoms with Crippen LogP contribution in [0.5, 0.6) is 0 Å². The average molecular weight is 429 g/mol. The van der Waals surface area contributed by atoms with Crippen molar-refractivity contribution in [1.29, 1.82) is 0 Å². The van der Waals surface area contributed by atoms with Gasteiger partial charge in [0.15, 0.2) is 0 Å². The molecule has 2 aromatic rings. The summed E-state index contributed by atoms with van der Waals surface area (Å²) in [5.41, 5.74) is 6.80. The van der Waals surface area contributed by atoms with Gasteiger partial charge in [-0.3, -0.25) is 14.3 Å². The number of carbonyl (C=O) groups is 3. The molecule has 2 rings (SSSR count). The Balaban J connectivity index is 2.48. The molecule has 0 atom stereocenters. The third-order valence-corrected chi connectivity index (χ3v) is 5.61. The number of aromatic nitrogens is 2. The zero-order valence-electron chi connectivity index (χ0n) is 14.1. The third kappa shape index (κ3) is 3.59. The van der Waals surface area contributed by atoms with Crippen LogP contribution < -0.4 is 11.1 Å². The summed E-state index contributed by atoms with van der Waals surface area (Å²) < 4.78 is 6.99. The summed E-state index contributed by atoms with van der Waals surface area (Å²) in [4.78, 5) is 36.6. The first-order valence-electron chi connectivity index (χ1n) is 7.29. The lowest BCUT2D eigenvalue weighted by Gasteiger charge is -2.07. The van der Waals surface area contributed by atoms with Crippen LogP contribution in [0.1, 0.15) is 48.7 Å². The summed E-state index contributed by atoms with van der Waals surface area (Å²) in [6.07, 6.45) is 0. The number of carbonyl (C=O) groups excluding carboxylic acids is 3. The number of rotatable bonds is 5. The Morgan fingerprint density at radius 3 is 2.48 bits per heavy atom. The number of halogens is 1. The highest BCUT2D eigenvalue weighted by Gasteiger charge is 2.27. The van der Waals surface area contributed by atoms with E-state index in [9.17, 15) is 14.4 Å². The van der Waals surface area contributed by atoms with E-state index >= 15 is 0 Å². The molecule has 0 aromatic carbocycles. The quantitative estimate of drug-likeness (QED) is 0.708. The first kappa shape index (κ1) is 19.1. The van der Waals surface area contributed by atoms with Crippen LogP contribution in [0.15, 0.2) is 4.47 Å². The van der Waals surface area contributed by atoms with E-state index in [0.29, 0.717) is 21.4 Å². The Hall–Kier alpha value is -2.20. The molecule has 0 saturated heterocycles. The van der Waals surface area contributed by atoms with Crippen LogP contribution in [0, 0.1) is 13.8 Å². The van der Waals surface area contributed by atoms with E-state index in [2.05, 4.69) is 26.3 Å². The number of nitrogens with one attached hydrogen (secondary N) is 1. The Bertz CT molecular complexity index is 871. The molecular formula is C15H17BrN4O4S. The fourth-order valence-corrected chi connectivity index (χ4v) is 3.88. The predicted molar refractivity (Wildman–Crippen MR) is 97.1 cm³/mol. The summed E-state index contributed by atoms with van der Waals surface area (Å²) in [7, 11) is 1.63. The molecule has 0 aliphatic heterocycles. The summed E-state index contributed by atoms with van der Waals surface area (Å²) in [5.74, 6) is -1.77. The normalized spacial score (nSPS) is 10.6. The van der Waals surface area contributed by atoms with Gasteiger partial charge in [0.25, 0.3) is 11.8 Å². The number of hydrogen-bond acceptors (Lipinski definition) is 6. The SMILES string of the molecule is CCOC(=O)c1c(NC(=O)c2c(Br)c(C)nn2C)sc(C(N)=O)c1C. The van der Waals surface area contributed by atoms with Crippen molar-refractivity contribution in [3.05, 3.63) is 31.9 Å². The lowest BCUT2D eigenvalue weighted by Crippen LogP contribution is -2.18. The van der Waals surface area contributed by atoms with E-state index in [1.165, 1.54) is 4.68 Å². The van der Waals surface area contributed by atoms with Gasteiger partial charge in [0, 0.05) is 7.05 Å². The van der Waals surface area contributed by atoms with E-state index in [0.717, 1.165) is 11.3 Å². The summed E-state index contributed by atoms with van der Waals surface area (Å²) in [6, 6.07) is 0. The van der Waals surface area contributed by atoms with Gasteiger partial charge in [-0.15, -0.1) is 11.3 Å². The molecule has 2 amide bonds. The van der Waals surface area contributed by atoms with Crippen molar-refractivity contribution in [3.63, 3.8) is 0 Å². The first-order chi connectivity index (χ1) is 11.7. The monoisotopic (exact) mass is 428 g/mol. The second kappa shape index (κ2) is 7.36. The smallest absolute Gasteiger partial charge is 0.341 e. The van der Waals surface area contributed by atoms with Gasteiger partial charge in [-0.2, -0.15) is 5.10 Å². The maximum absolute atomic E-state index is 12.6. The van der Waals surface area contributed by atoms with Crippen LogP contribution in [0.2, 0.25) is 0 Å². The molecule has 25 heavy (non-hydrogen) atoms. The van der Waals surface area contributed by atoms with E-state index in [4.69, 9.17) is 10.5 Å². The van der Waals surface area contributed by atoms with E-state index < -0.39 is 17.8 Å². The highest BCUT2D eigenvalue weighted by atomic mass is 79.9. The molecule has 0 bridgehead atoms. The molecule has 0 spiro atoms. The number of aryl methyl sites for hydroxylation is 2. The molecule has 0 unspecified atom stereocenters. The second-order valence-corrected chi connectivity index (χ2v) is 6.98. The first-order valence-corrected chi connectivity index (χ1v) is 8.90. The van der Waals surface area contributed by atoms with Crippen LogP contribution in [0.25, 0.3) is 0 Å². The zero-order chi connectivity index (χ0) is 18.9. The Labute approximate surface area is 156 Å². The Morgan fingerprint density at radius 1 is 1.36 bits per heavy atom. The van der Waals surface area contributed by atoms with Crippen molar-refractivity contribution in [2.75, 3.05) is 11.9 Å². The van der Waals surface area contributed by atoms with Gasteiger partial charge in [-0.25, -0.2) is 4.79 Å². The van der Waals surface area contributed by atoms with E-state index in [-0.39, 0.29) is 22.0 Å². The minimum absolute atomic E-state index is 0.129. The van der Waals surface area contributed by atoms with Gasteiger partial charge in [0.1, 0.15) is 10.7 Å². The summed E-state index contributed by atoms with van der Waals surface area (Å²) in [6.45, 7) is 5.18. The molecule has 0 saturated carbocycles. The van der Waals surface area contributed by atoms with Crippen molar-refractivity contribution >= 4 is 50.1 Å². The van der Waals surface area contributed by atoms with Crippen LogP contribution in [0.4, 0.5) is 5.00 Å². The molecule has 2 aromatic heterocycles. The lowest BCUT2D eigenvalue weighted by molar-refractivity contribution is 0.0527. The highest BCUT2D eigenvalue weighted by Crippen LogP contribution is 2.34. The van der Waals surface area contributed by atoms with Crippen molar-refractivity contribution in [2.24, 2.45) is 12.8 Å². The molecular weight excluding hydrogens is 412 g/mol.